The van der Waals surface area contributed by atoms with Crippen LogP contribution in [0, 0.1) is 5.82 Å². The lowest BCUT2D eigenvalue weighted by atomic mass is 9.99. The van der Waals surface area contributed by atoms with Crippen LogP contribution in [0.3, 0.4) is 0 Å². The Kier molecular flexibility index (Phi) is 6.59. The molecule has 2 aromatic rings. The fourth-order valence-corrected chi connectivity index (χ4v) is 2.61. The Morgan fingerprint density at radius 3 is 2.15 bits per heavy atom. The number of aliphatic carboxylic acids is 1. The van der Waals surface area contributed by atoms with Crippen molar-refractivity contribution in [2.24, 2.45) is 0 Å². The molecule has 0 aliphatic heterocycles. The molecule has 0 saturated carbocycles. The summed E-state index contributed by atoms with van der Waals surface area (Å²) in [6.45, 7) is -0.183. The number of carboxylic acids is 1. The fraction of sp³-hybridized carbons (Fsp3) is 0.263. The Labute approximate surface area is 155 Å². The molecule has 0 saturated heterocycles. The average Bonchev–Trinajstić information content (AvgIpc) is 2.67. The van der Waals surface area contributed by atoms with Gasteiger partial charge in [-0.1, -0.05) is 12.1 Å². The second-order valence-electron chi connectivity index (χ2n) is 5.53. The molecule has 2 rings (SSSR count). The van der Waals surface area contributed by atoms with Crippen molar-refractivity contribution in [3.05, 3.63) is 53.3 Å². The molecular formula is C19H20FNO6. The van der Waals surface area contributed by atoms with Gasteiger partial charge in [0.05, 0.1) is 32.8 Å². The number of halogens is 1. The van der Waals surface area contributed by atoms with Gasteiger partial charge in [-0.3, -0.25) is 9.59 Å². The van der Waals surface area contributed by atoms with Crippen molar-refractivity contribution in [1.29, 1.82) is 0 Å². The highest BCUT2D eigenvalue weighted by Gasteiger charge is 2.24. The summed E-state index contributed by atoms with van der Waals surface area (Å²) < 4.78 is 28.7. The van der Waals surface area contributed by atoms with Crippen LogP contribution in [0.15, 0.2) is 36.4 Å². The van der Waals surface area contributed by atoms with Crippen LogP contribution in [0.1, 0.15) is 21.8 Å². The van der Waals surface area contributed by atoms with Crippen molar-refractivity contribution < 1.29 is 33.3 Å². The molecule has 0 bridgehead atoms. The number of hydrogen-bond acceptors (Lipinski definition) is 5. The molecule has 144 valence electrons. The molecule has 7 nitrogen and oxygen atoms in total. The van der Waals surface area contributed by atoms with Gasteiger partial charge >= 0.3 is 5.97 Å². The van der Waals surface area contributed by atoms with Gasteiger partial charge in [0, 0.05) is 6.54 Å². The van der Waals surface area contributed by atoms with Gasteiger partial charge < -0.3 is 24.6 Å². The number of benzene rings is 2. The van der Waals surface area contributed by atoms with E-state index in [0.29, 0.717) is 11.3 Å². The molecule has 2 N–H and O–H groups in total. The summed E-state index contributed by atoms with van der Waals surface area (Å²) in [4.78, 5) is 24.1. The summed E-state index contributed by atoms with van der Waals surface area (Å²) in [5.74, 6) is -2.37. The van der Waals surface area contributed by atoms with Crippen LogP contribution in [0.2, 0.25) is 0 Å². The Morgan fingerprint density at radius 2 is 1.63 bits per heavy atom. The van der Waals surface area contributed by atoms with E-state index in [1.807, 2.05) is 0 Å². The number of carbonyl (C=O) groups is 2. The zero-order chi connectivity index (χ0) is 20.0. The van der Waals surface area contributed by atoms with E-state index in [2.05, 4.69) is 5.32 Å². The number of carbonyl (C=O) groups excluding carboxylic acids is 1. The van der Waals surface area contributed by atoms with Crippen molar-refractivity contribution in [2.75, 3.05) is 27.9 Å². The Hall–Kier alpha value is -3.29. The second-order valence-corrected chi connectivity index (χ2v) is 5.53. The van der Waals surface area contributed by atoms with E-state index in [9.17, 15) is 19.1 Å². The van der Waals surface area contributed by atoms with Crippen LogP contribution < -0.4 is 19.5 Å². The highest BCUT2D eigenvalue weighted by Crippen LogP contribution is 2.39. The van der Waals surface area contributed by atoms with Crippen molar-refractivity contribution in [2.45, 2.75) is 5.92 Å². The molecule has 0 spiro atoms. The smallest absolute Gasteiger partial charge is 0.312 e. The van der Waals surface area contributed by atoms with E-state index >= 15 is 0 Å². The maximum absolute atomic E-state index is 13.1. The third kappa shape index (κ3) is 4.46. The number of rotatable bonds is 8. The highest BCUT2D eigenvalue weighted by molar-refractivity contribution is 5.98. The van der Waals surface area contributed by atoms with E-state index in [0.717, 1.165) is 0 Å². The number of ether oxygens (including phenoxy) is 3. The fourth-order valence-electron chi connectivity index (χ4n) is 2.61. The van der Waals surface area contributed by atoms with Gasteiger partial charge in [-0.2, -0.15) is 0 Å². The molecule has 1 unspecified atom stereocenters. The van der Waals surface area contributed by atoms with E-state index in [-0.39, 0.29) is 23.6 Å². The number of carboxylic acid groups (broad SMARTS) is 1. The van der Waals surface area contributed by atoms with Gasteiger partial charge in [-0.25, -0.2) is 4.39 Å². The Bertz CT molecular complexity index is 822. The van der Waals surface area contributed by atoms with Crippen LogP contribution >= 0.6 is 0 Å². The molecule has 0 radical (unpaired) electrons. The minimum atomic E-state index is -1.14. The van der Waals surface area contributed by atoms with Crippen molar-refractivity contribution in [3.63, 3.8) is 0 Å². The third-order valence-corrected chi connectivity index (χ3v) is 3.99. The first kappa shape index (κ1) is 20.0. The number of amides is 1. The lowest BCUT2D eigenvalue weighted by Gasteiger charge is -2.17. The summed E-state index contributed by atoms with van der Waals surface area (Å²) in [7, 11) is 4.25. The quantitative estimate of drug-likeness (QED) is 0.734. The van der Waals surface area contributed by atoms with Gasteiger partial charge in [-0.05, 0) is 29.8 Å². The molecule has 0 aliphatic rings. The SMILES string of the molecule is COc1ccc(C(=O)NCC(C(=O)O)c2ccc(F)cc2)c(OC)c1OC. The zero-order valence-electron chi connectivity index (χ0n) is 15.1. The molecular weight excluding hydrogens is 357 g/mol. The van der Waals surface area contributed by atoms with E-state index in [4.69, 9.17) is 14.2 Å². The van der Waals surface area contributed by atoms with Gasteiger partial charge in [-0.15, -0.1) is 0 Å². The summed E-state index contributed by atoms with van der Waals surface area (Å²) in [6, 6.07) is 8.12. The van der Waals surface area contributed by atoms with Crippen molar-refractivity contribution in [3.8, 4) is 17.2 Å². The lowest BCUT2D eigenvalue weighted by molar-refractivity contribution is -0.138. The summed E-state index contributed by atoms with van der Waals surface area (Å²) >= 11 is 0. The van der Waals surface area contributed by atoms with Crippen LogP contribution in [-0.2, 0) is 4.79 Å². The van der Waals surface area contributed by atoms with Crippen LogP contribution in [0.5, 0.6) is 17.2 Å². The first-order valence-corrected chi connectivity index (χ1v) is 7.98. The van der Waals surface area contributed by atoms with Crippen LogP contribution in [-0.4, -0.2) is 44.9 Å². The van der Waals surface area contributed by atoms with E-state index < -0.39 is 23.6 Å². The van der Waals surface area contributed by atoms with Gasteiger partial charge in [0.2, 0.25) is 5.75 Å². The average molecular weight is 377 g/mol. The normalized spacial score (nSPS) is 11.4. The molecule has 1 atom stereocenters. The van der Waals surface area contributed by atoms with E-state index in [1.165, 1.54) is 51.7 Å². The molecule has 8 heteroatoms. The largest absolute Gasteiger partial charge is 0.493 e. The topological polar surface area (TPSA) is 94.1 Å². The molecule has 0 heterocycles. The lowest BCUT2D eigenvalue weighted by Crippen LogP contribution is -2.32. The molecule has 2 aromatic carbocycles. The first-order chi connectivity index (χ1) is 12.9. The van der Waals surface area contributed by atoms with Gasteiger partial charge in [0.1, 0.15) is 5.82 Å². The summed E-state index contributed by atoms with van der Waals surface area (Å²) in [5, 5.41) is 12.0. The second kappa shape index (κ2) is 8.88. The maximum Gasteiger partial charge on any atom is 0.312 e. The summed E-state index contributed by atoms with van der Waals surface area (Å²) in [5.41, 5.74) is 0.543. The molecule has 0 aliphatic carbocycles. The molecule has 27 heavy (non-hydrogen) atoms. The zero-order valence-corrected chi connectivity index (χ0v) is 15.1. The first-order valence-electron chi connectivity index (χ1n) is 7.98. The maximum atomic E-state index is 13.1. The predicted octanol–water partition coefficient (Wildman–Crippen LogP) is 2.45. The molecule has 0 fully saturated rings. The predicted molar refractivity (Wildman–Crippen MR) is 95.2 cm³/mol. The van der Waals surface area contributed by atoms with Crippen molar-refractivity contribution in [1.82, 2.24) is 5.32 Å². The van der Waals surface area contributed by atoms with Gasteiger partial charge in [0.25, 0.3) is 5.91 Å². The molecule has 0 aromatic heterocycles. The van der Waals surface area contributed by atoms with Crippen molar-refractivity contribution >= 4 is 11.9 Å². The minimum absolute atomic E-state index is 0.165. The Morgan fingerprint density at radius 1 is 1.00 bits per heavy atom. The highest BCUT2D eigenvalue weighted by atomic mass is 19.1. The number of methoxy groups -OCH3 is 3. The van der Waals surface area contributed by atoms with Crippen LogP contribution in [0.25, 0.3) is 0 Å². The monoisotopic (exact) mass is 377 g/mol. The standard InChI is InChI=1S/C19H20FNO6/c1-25-15-9-8-13(16(26-2)17(15)27-3)18(22)21-10-14(19(23)24)11-4-6-12(20)7-5-11/h4-9,14H,10H2,1-3H3,(H,21,22)(H,23,24). The molecule has 1 amide bonds. The van der Waals surface area contributed by atoms with E-state index in [1.54, 1.807) is 6.07 Å². The number of hydrogen-bond donors (Lipinski definition) is 2. The van der Waals surface area contributed by atoms with Gasteiger partial charge in [0.15, 0.2) is 11.5 Å². The minimum Gasteiger partial charge on any atom is -0.493 e. The summed E-state index contributed by atoms with van der Waals surface area (Å²) in [6.07, 6.45) is 0. The number of nitrogens with one attached hydrogen (secondary N) is 1. The Balaban J connectivity index is 2.23. The third-order valence-electron chi connectivity index (χ3n) is 3.99. The van der Waals surface area contributed by atoms with Crippen LogP contribution in [0.4, 0.5) is 4.39 Å².